The molecular formula is C13H12F4N4. The van der Waals surface area contributed by atoms with Crippen LogP contribution >= 0.6 is 0 Å². The third kappa shape index (κ3) is 3.34. The van der Waals surface area contributed by atoms with Gasteiger partial charge in [0.2, 0.25) is 0 Å². The number of hydrazine groups is 1. The van der Waals surface area contributed by atoms with Crippen LogP contribution in [0.25, 0.3) is 0 Å². The van der Waals surface area contributed by atoms with Gasteiger partial charge in [-0.05, 0) is 24.6 Å². The zero-order chi connectivity index (χ0) is 15.6. The molecule has 2 aromatic rings. The number of nitrogens with zero attached hydrogens (tertiary/aromatic N) is 2. The van der Waals surface area contributed by atoms with Gasteiger partial charge in [-0.15, -0.1) is 0 Å². The maximum Gasteiger partial charge on any atom is 0.419 e. The summed E-state index contributed by atoms with van der Waals surface area (Å²) in [5.41, 5.74) is 2.34. The lowest BCUT2D eigenvalue weighted by Gasteiger charge is -2.17. The number of benzene rings is 1. The summed E-state index contributed by atoms with van der Waals surface area (Å²) < 4.78 is 51.2. The molecule has 1 unspecified atom stereocenters. The van der Waals surface area contributed by atoms with Crippen LogP contribution in [0.4, 0.5) is 17.6 Å². The first kappa shape index (κ1) is 15.3. The molecule has 1 aromatic heterocycles. The van der Waals surface area contributed by atoms with Gasteiger partial charge >= 0.3 is 6.18 Å². The summed E-state index contributed by atoms with van der Waals surface area (Å²) in [6.45, 7) is 1.74. The quantitative estimate of drug-likeness (QED) is 0.519. The van der Waals surface area contributed by atoms with Crippen LogP contribution in [-0.2, 0) is 6.18 Å². The molecule has 2 rings (SSSR count). The van der Waals surface area contributed by atoms with Crippen LogP contribution in [0.5, 0.6) is 0 Å². The summed E-state index contributed by atoms with van der Waals surface area (Å²) in [4.78, 5) is 8.10. The van der Waals surface area contributed by atoms with Crippen LogP contribution in [0, 0.1) is 12.7 Å². The van der Waals surface area contributed by atoms with Crippen molar-refractivity contribution >= 4 is 0 Å². The van der Waals surface area contributed by atoms with E-state index in [1.54, 1.807) is 6.92 Å². The minimum absolute atomic E-state index is 0.223. The third-order valence-electron chi connectivity index (χ3n) is 2.90. The molecule has 8 heteroatoms. The number of aromatic nitrogens is 2. The second-order valence-electron chi connectivity index (χ2n) is 4.42. The van der Waals surface area contributed by atoms with E-state index in [2.05, 4.69) is 15.4 Å². The van der Waals surface area contributed by atoms with E-state index in [0.717, 1.165) is 12.1 Å². The van der Waals surface area contributed by atoms with E-state index in [-0.39, 0.29) is 5.56 Å². The molecule has 0 aliphatic rings. The minimum atomic E-state index is -4.74. The Balaban J connectivity index is 2.40. The van der Waals surface area contributed by atoms with E-state index in [1.807, 2.05) is 0 Å². The molecule has 1 heterocycles. The molecule has 1 aromatic carbocycles. The van der Waals surface area contributed by atoms with Crippen molar-refractivity contribution in [3.05, 3.63) is 58.9 Å². The van der Waals surface area contributed by atoms with Crippen LogP contribution in [0.3, 0.4) is 0 Å². The highest BCUT2D eigenvalue weighted by Crippen LogP contribution is 2.33. The van der Waals surface area contributed by atoms with Crippen molar-refractivity contribution in [3.63, 3.8) is 0 Å². The molecule has 21 heavy (non-hydrogen) atoms. The first-order valence-electron chi connectivity index (χ1n) is 5.94. The average molecular weight is 300 g/mol. The van der Waals surface area contributed by atoms with E-state index in [4.69, 9.17) is 5.84 Å². The lowest BCUT2D eigenvalue weighted by Crippen LogP contribution is -2.30. The summed E-state index contributed by atoms with van der Waals surface area (Å²) in [7, 11) is 0. The van der Waals surface area contributed by atoms with Crippen molar-refractivity contribution < 1.29 is 17.6 Å². The average Bonchev–Trinajstić information content (AvgIpc) is 2.40. The van der Waals surface area contributed by atoms with E-state index < -0.39 is 23.6 Å². The topological polar surface area (TPSA) is 63.8 Å². The van der Waals surface area contributed by atoms with Crippen LogP contribution in [0.1, 0.15) is 28.6 Å². The molecule has 0 fully saturated rings. The summed E-state index contributed by atoms with van der Waals surface area (Å²) in [6, 6.07) is 1.86. The minimum Gasteiger partial charge on any atom is -0.271 e. The second kappa shape index (κ2) is 5.74. The van der Waals surface area contributed by atoms with E-state index in [9.17, 15) is 17.6 Å². The second-order valence-corrected chi connectivity index (χ2v) is 4.42. The Bertz CT molecular complexity index is 625. The lowest BCUT2D eigenvalue weighted by atomic mass is 10.0. The number of aryl methyl sites for hydroxylation is 1. The van der Waals surface area contributed by atoms with Gasteiger partial charge in [0.25, 0.3) is 0 Å². The Labute approximate surface area is 118 Å². The summed E-state index contributed by atoms with van der Waals surface area (Å²) in [6.07, 6.45) is -1.83. The van der Waals surface area contributed by atoms with Crippen LogP contribution in [0.2, 0.25) is 0 Å². The summed E-state index contributed by atoms with van der Waals surface area (Å²) in [5, 5.41) is 0. The highest BCUT2D eigenvalue weighted by atomic mass is 19.4. The largest absolute Gasteiger partial charge is 0.419 e. The third-order valence-corrected chi connectivity index (χ3v) is 2.90. The van der Waals surface area contributed by atoms with Gasteiger partial charge in [0.05, 0.1) is 29.2 Å². The van der Waals surface area contributed by atoms with Crippen molar-refractivity contribution in [2.75, 3.05) is 0 Å². The van der Waals surface area contributed by atoms with Crippen molar-refractivity contribution in [1.82, 2.24) is 15.4 Å². The Morgan fingerprint density at radius 1 is 1.19 bits per heavy atom. The monoisotopic (exact) mass is 300 g/mol. The molecule has 4 nitrogen and oxygen atoms in total. The van der Waals surface area contributed by atoms with Gasteiger partial charge in [0.1, 0.15) is 5.82 Å². The summed E-state index contributed by atoms with van der Waals surface area (Å²) in [5.74, 6) is 4.03. The van der Waals surface area contributed by atoms with Crippen molar-refractivity contribution in [2.45, 2.75) is 19.1 Å². The SMILES string of the molecule is Cc1cnc(C(NN)c2ccc(C(F)(F)F)c(F)c2)cn1. The van der Waals surface area contributed by atoms with Gasteiger partial charge in [0, 0.05) is 6.20 Å². The van der Waals surface area contributed by atoms with Crippen LogP contribution < -0.4 is 11.3 Å². The smallest absolute Gasteiger partial charge is 0.271 e. The van der Waals surface area contributed by atoms with Crippen molar-refractivity contribution in [1.29, 1.82) is 0 Å². The van der Waals surface area contributed by atoms with Gasteiger partial charge in [-0.1, -0.05) is 6.07 Å². The molecular weight excluding hydrogens is 288 g/mol. The molecule has 112 valence electrons. The predicted octanol–water partition coefficient (Wildman–Crippen LogP) is 2.50. The number of alkyl halides is 3. The van der Waals surface area contributed by atoms with Crippen molar-refractivity contribution in [3.8, 4) is 0 Å². The highest BCUT2D eigenvalue weighted by molar-refractivity contribution is 5.32. The molecule has 0 bridgehead atoms. The Morgan fingerprint density at radius 3 is 2.38 bits per heavy atom. The maximum absolute atomic E-state index is 13.6. The first-order valence-corrected chi connectivity index (χ1v) is 5.94. The predicted molar refractivity (Wildman–Crippen MR) is 67.3 cm³/mol. The molecule has 3 N–H and O–H groups in total. The molecule has 0 radical (unpaired) electrons. The summed E-state index contributed by atoms with van der Waals surface area (Å²) >= 11 is 0. The molecule has 0 saturated heterocycles. The molecule has 0 aliphatic heterocycles. The van der Waals surface area contributed by atoms with E-state index in [1.165, 1.54) is 12.4 Å². The zero-order valence-corrected chi connectivity index (χ0v) is 10.9. The molecule has 0 amide bonds. The van der Waals surface area contributed by atoms with Crippen molar-refractivity contribution in [2.24, 2.45) is 5.84 Å². The molecule has 0 saturated carbocycles. The van der Waals surface area contributed by atoms with Gasteiger partial charge in [-0.25, -0.2) is 9.82 Å². The Hall–Kier alpha value is -2.06. The van der Waals surface area contributed by atoms with Gasteiger partial charge < -0.3 is 0 Å². The highest BCUT2D eigenvalue weighted by Gasteiger charge is 2.34. The fourth-order valence-electron chi connectivity index (χ4n) is 1.84. The van der Waals surface area contributed by atoms with E-state index >= 15 is 0 Å². The number of hydrogen-bond acceptors (Lipinski definition) is 4. The molecule has 0 aliphatic carbocycles. The number of rotatable bonds is 3. The van der Waals surface area contributed by atoms with E-state index in [0.29, 0.717) is 17.5 Å². The zero-order valence-electron chi connectivity index (χ0n) is 10.9. The fourth-order valence-corrected chi connectivity index (χ4v) is 1.84. The number of halogens is 4. The van der Waals surface area contributed by atoms with Gasteiger partial charge in [-0.3, -0.25) is 15.8 Å². The van der Waals surface area contributed by atoms with Crippen LogP contribution in [-0.4, -0.2) is 9.97 Å². The lowest BCUT2D eigenvalue weighted by molar-refractivity contribution is -0.140. The first-order chi connectivity index (χ1) is 9.82. The van der Waals surface area contributed by atoms with Crippen LogP contribution in [0.15, 0.2) is 30.6 Å². The standard InChI is InChI=1S/C13H12F4N4/c1-7-5-20-11(6-19-7)12(21-18)8-2-3-9(10(14)4-8)13(15,16)17/h2-6,12,21H,18H2,1H3. The van der Waals surface area contributed by atoms with Gasteiger partial charge in [-0.2, -0.15) is 13.2 Å². The Kier molecular flexibility index (Phi) is 4.19. The number of nitrogens with two attached hydrogens (primary N) is 1. The molecule has 0 spiro atoms. The number of nitrogens with one attached hydrogen (secondary N) is 1. The van der Waals surface area contributed by atoms with Gasteiger partial charge in [0.15, 0.2) is 0 Å². The Morgan fingerprint density at radius 2 is 1.90 bits per heavy atom. The fraction of sp³-hybridized carbons (Fsp3) is 0.231. The normalized spacial score (nSPS) is 13.2. The molecule has 1 atom stereocenters. The number of hydrogen-bond donors (Lipinski definition) is 2. The maximum atomic E-state index is 13.6.